The van der Waals surface area contributed by atoms with Crippen molar-refractivity contribution in [3.8, 4) is 5.75 Å². The normalized spacial score (nSPS) is 10.2. The number of hydrogen-bond acceptors (Lipinski definition) is 4. The molecule has 0 atom stereocenters. The Labute approximate surface area is 136 Å². The fraction of sp³-hybridized carbons (Fsp3) is 0. The van der Waals surface area contributed by atoms with Crippen LogP contribution in [-0.2, 0) is 0 Å². The average molecular weight is 416 g/mol. The summed E-state index contributed by atoms with van der Waals surface area (Å²) in [6.45, 7) is 0. The molecule has 0 fully saturated rings. The summed E-state index contributed by atoms with van der Waals surface area (Å²) in [6, 6.07) is 8.14. The van der Waals surface area contributed by atoms with Gasteiger partial charge in [0.05, 0.1) is 10.6 Å². The Balaban J connectivity index is 2.24. The minimum Gasteiger partial charge on any atom is -0.508 e. The van der Waals surface area contributed by atoms with E-state index in [1.54, 1.807) is 0 Å². The number of nitro groups is 1. The zero-order valence-corrected chi connectivity index (χ0v) is 13.5. The van der Waals surface area contributed by atoms with Crippen molar-refractivity contribution in [3.63, 3.8) is 0 Å². The maximum Gasteiger partial charge on any atom is 0.269 e. The van der Waals surface area contributed by atoms with Gasteiger partial charge in [0.1, 0.15) is 5.75 Å². The van der Waals surface area contributed by atoms with Crippen LogP contribution in [0.1, 0.15) is 10.4 Å². The fourth-order valence-electron chi connectivity index (χ4n) is 1.60. The summed E-state index contributed by atoms with van der Waals surface area (Å²) in [5, 5.41) is 22.6. The molecule has 0 bridgehead atoms. The number of hydrogen-bond donors (Lipinski definition) is 2. The maximum absolute atomic E-state index is 12.1. The van der Waals surface area contributed by atoms with Crippen molar-refractivity contribution >= 4 is 49.1 Å². The third-order valence-electron chi connectivity index (χ3n) is 2.61. The molecule has 0 saturated carbocycles. The summed E-state index contributed by atoms with van der Waals surface area (Å²) >= 11 is 6.47. The molecule has 0 aliphatic heterocycles. The number of nitrogens with zero attached hydrogens (tertiary/aromatic N) is 1. The molecule has 0 heterocycles. The van der Waals surface area contributed by atoms with E-state index < -0.39 is 10.8 Å². The summed E-state index contributed by atoms with van der Waals surface area (Å²) in [4.78, 5) is 22.1. The van der Waals surface area contributed by atoms with Crippen molar-refractivity contribution in [3.05, 3.63) is 61.0 Å². The van der Waals surface area contributed by atoms with Gasteiger partial charge in [0.15, 0.2) is 0 Å². The molecule has 108 valence electrons. The van der Waals surface area contributed by atoms with Crippen LogP contribution in [0.15, 0.2) is 45.3 Å². The van der Waals surface area contributed by atoms with Gasteiger partial charge in [-0.15, -0.1) is 0 Å². The number of nitrogens with one attached hydrogen (secondary N) is 1. The smallest absolute Gasteiger partial charge is 0.269 e. The summed E-state index contributed by atoms with van der Waals surface area (Å²) in [5.41, 5.74) is 0.655. The molecule has 8 heteroatoms. The van der Waals surface area contributed by atoms with E-state index in [9.17, 15) is 20.0 Å². The van der Waals surface area contributed by atoms with E-state index in [1.165, 1.54) is 36.4 Å². The Bertz CT molecular complexity index is 694. The molecule has 0 aromatic heterocycles. The van der Waals surface area contributed by atoms with E-state index in [0.29, 0.717) is 14.6 Å². The van der Waals surface area contributed by atoms with Crippen molar-refractivity contribution < 1.29 is 14.8 Å². The van der Waals surface area contributed by atoms with Gasteiger partial charge in [0, 0.05) is 26.6 Å². The number of aromatic hydroxyl groups is 1. The Morgan fingerprint density at radius 1 is 1.14 bits per heavy atom. The summed E-state index contributed by atoms with van der Waals surface area (Å²) in [7, 11) is 0. The molecule has 21 heavy (non-hydrogen) atoms. The lowest BCUT2D eigenvalue weighted by Crippen LogP contribution is -2.12. The molecular formula is C13H8Br2N2O4. The number of phenolic OH excluding ortho intramolecular Hbond substituents is 1. The number of non-ortho nitro benzene ring substituents is 1. The first-order valence-corrected chi connectivity index (χ1v) is 7.21. The van der Waals surface area contributed by atoms with Gasteiger partial charge in [-0.25, -0.2) is 0 Å². The van der Waals surface area contributed by atoms with Crippen LogP contribution in [0.3, 0.4) is 0 Å². The number of phenols is 1. The highest BCUT2D eigenvalue weighted by Crippen LogP contribution is 2.35. The molecule has 0 radical (unpaired) electrons. The van der Waals surface area contributed by atoms with Crippen molar-refractivity contribution in [2.24, 2.45) is 0 Å². The average Bonchev–Trinajstić information content (AvgIpc) is 2.42. The van der Waals surface area contributed by atoms with Crippen LogP contribution in [0.4, 0.5) is 11.4 Å². The lowest BCUT2D eigenvalue weighted by atomic mass is 10.2. The number of anilines is 1. The van der Waals surface area contributed by atoms with Gasteiger partial charge in [0.2, 0.25) is 0 Å². The first-order valence-electron chi connectivity index (χ1n) is 5.62. The lowest BCUT2D eigenvalue weighted by Gasteiger charge is -2.10. The van der Waals surface area contributed by atoms with Gasteiger partial charge in [0.25, 0.3) is 11.6 Å². The molecule has 2 aromatic rings. The second-order valence-electron chi connectivity index (χ2n) is 4.04. The Kier molecular flexibility index (Phi) is 4.59. The fourth-order valence-corrected chi connectivity index (χ4v) is 2.96. The molecule has 2 aromatic carbocycles. The van der Waals surface area contributed by atoms with Crippen LogP contribution < -0.4 is 5.32 Å². The van der Waals surface area contributed by atoms with E-state index in [0.717, 1.165) is 0 Å². The quantitative estimate of drug-likeness (QED) is 0.448. The third kappa shape index (κ3) is 3.59. The first kappa shape index (κ1) is 15.5. The van der Waals surface area contributed by atoms with Gasteiger partial charge in [-0.05, 0) is 56.1 Å². The van der Waals surface area contributed by atoms with Crippen LogP contribution in [0, 0.1) is 10.1 Å². The molecule has 6 nitrogen and oxygen atoms in total. The van der Waals surface area contributed by atoms with Crippen LogP contribution in [0.2, 0.25) is 0 Å². The van der Waals surface area contributed by atoms with Gasteiger partial charge in [-0.1, -0.05) is 0 Å². The number of halogens is 2. The predicted molar refractivity (Wildman–Crippen MR) is 84.6 cm³/mol. The van der Waals surface area contributed by atoms with Crippen molar-refractivity contribution in [2.75, 3.05) is 5.32 Å². The van der Waals surface area contributed by atoms with Crippen molar-refractivity contribution in [1.29, 1.82) is 0 Å². The van der Waals surface area contributed by atoms with E-state index >= 15 is 0 Å². The topological polar surface area (TPSA) is 92.5 Å². The largest absolute Gasteiger partial charge is 0.508 e. The minimum absolute atomic E-state index is 0.0436. The van der Waals surface area contributed by atoms with Gasteiger partial charge >= 0.3 is 0 Å². The van der Waals surface area contributed by atoms with Gasteiger partial charge in [-0.3, -0.25) is 14.9 Å². The van der Waals surface area contributed by atoms with Crippen LogP contribution in [-0.4, -0.2) is 15.9 Å². The summed E-state index contributed by atoms with van der Waals surface area (Å²) in [6.07, 6.45) is 0. The van der Waals surface area contributed by atoms with E-state index in [-0.39, 0.29) is 17.0 Å². The zero-order chi connectivity index (χ0) is 15.6. The van der Waals surface area contributed by atoms with Crippen molar-refractivity contribution in [1.82, 2.24) is 0 Å². The number of carbonyl (C=O) groups is 1. The minimum atomic E-state index is -0.533. The molecule has 2 N–H and O–H groups in total. The lowest BCUT2D eigenvalue weighted by molar-refractivity contribution is -0.384. The standard InChI is InChI=1S/C13H8Br2N2O4/c14-10-5-9(18)6-11(15)12(10)16-13(19)7-1-3-8(4-2-7)17(20)21/h1-6,18H,(H,16,19). The van der Waals surface area contributed by atoms with Gasteiger partial charge in [-0.2, -0.15) is 0 Å². The highest BCUT2D eigenvalue weighted by Gasteiger charge is 2.13. The van der Waals surface area contributed by atoms with E-state index in [4.69, 9.17) is 0 Å². The predicted octanol–water partition coefficient (Wildman–Crippen LogP) is 4.08. The molecular weight excluding hydrogens is 408 g/mol. The first-order chi connectivity index (χ1) is 9.88. The summed E-state index contributed by atoms with van der Waals surface area (Å²) < 4.78 is 1.01. The number of carbonyl (C=O) groups excluding carboxylic acids is 1. The monoisotopic (exact) mass is 414 g/mol. The summed E-state index contributed by atoms with van der Waals surface area (Å²) in [5.74, 6) is -0.376. The SMILES string of the molecule is O=C(Nc1c(Br)cc(O)cc1Br)c1ccc([N+](=O)[O-])cc1. The highest BCUT2D eigenvalue weighted by atomic mass is 79.9. The maximum atomic E-state index is 12.1. The highest BCUT2D eigenvalue weighted by molar-refractivity contribution is 9.11. The Hall–Kier alpha value is -1.93. The number of nitro benzene ring substituents is 1. The number of rotatable bonds is 3. The number of benzene rings is 2. The van der Waals surface area contributed by atoms with Crippen LogP contribution in [0.25, 0.3) is 0 Å². The Morgan fingerprint density at radius 2 is 1.67 bits per heavy atom. The second-order valence-corrected chi connectivity index (χ2v) is 5.75. The van der Waals surface area contributed by atoms with Crippen LogP contribution in [0.5, 0.6) is 5.75 Å². The molecule has 2 rings (SSSR count). The third-order valence-corrected chi connectivity index (χ3v) is 3.86. The molecule has 0 aliphatic rings. The van der Waals surface area contributed by atoms with E-state index in [2.05, 4.69) is 37.2 Å². The molecule has 1 amide bonds. The van der Waals surface area contributed by atoms with Gasteiger partial charge < -0.3 is 10.4 Å². The second kappa shape index (κ2) is 6.23. The van der Waals surface area contributed by atoms with Crippen LogP contribution >= 0.6 is 31.9 Å². The zero-order valence-electron chi connectivity index (χ0n) is 10.3. The molecule has 0 aliphatic carbocycles. The Morgan fingerprint density at radius 3 is 2.14 bits per heavy atom. The van der Waals surface area contributed by atoms with E-state index in [1.807, 2.05) is 0 Å². The molecule has 0 saturated heterocycles. The molecule has 0 spiro atoms. The molecule has 0 unspecified atom stereocenters. The van der Waals surface area contributed by atoms with Crippen molar-refractivity contribution in [2.45, 2.75) is 0 Å². The number of amides is 1.